The molecule has 0 unspecified atom stereocenters. The highest BCUT2D eigenvalue weighted by Gasteiger charge is 1.98. The Balaban J connectivity index is 2.65. The lowest BCUT2D eigenvalue weighted by molar-refractivity contribution is 1.47. The molecule has 0 fully saturated rings. The summed E-state index contributed by atoms with van der Waals surface area (Å²) in [5.74, 6) is 0. The van der Waals surface area contributed by atoms with Crippen LogP contribution in [0.15, 0.2) is 58.3 Å². The van der Waals surface area contributed by atoms with Gasteiger partial charge in [-0.3, -0.25) is 0 Å². The summed E-state index contributed by atoms with van der Waals surface area (Å²) in [6.45, 7) is 7.38. The molecule has 0 amide bonds. The maximum atomic E-state index is 5.66. The predicted octanol–water partition coefficient (Wildman–Crippen LogP) is 4.04. The largest absolute Gasteiger partial charge is 0.0892 e. The summed E-state index contributed by atoms with van der Waals surface area (Å²) >= 11 is 7.19. The summed E-state index contributed by atoms with van der Waals surface area (Å²) in [5, 5.41) is 0.504. The van der Waals surface area contributed by atoms with Crippen molar-refractivity contribution in [3.8, 4) is 0 Å². The molecule has 1 aromatic carbocycles. The summed E-state index contributed by atoms with van der Waals surface area (Å²) in [4.78, 5) is 1.92. The predicted molar refractivity (Wildman–Crippen MR) is 56.4 cm³/mol. The van der Waals surface area contributed by atoms with Gasteiger partial charge in [-0.25, -0.2) is 0 Å². The van der Waals surface area contributed by atoms with Crippen molar-refractivity contribution in [1.82, 2.24) is 0 Å². The van der Waals surface area contributed by atoms with Gasteiger partial charge in [0.05, 0.1) is 0 Å². The van der Waals surface area contributed by atoms with Gasteiger partial charge >= 0.3 is 0 Å². The number of rotatable bonds is 3. The van der Waals surface area contributed by atoms with Crippen molar-refractivity contribution >= 4 is 23.4 Å². The van der Waals surface area contributed by atoms with Gasteiger partial charge in [-0.05, 0) is 12.1 Å². The van der Waals surface area contributed by atoms with Crippen molar-refractivity contribution in [2.75, 3.05) is 0 Å². The number of allylic oxidation sites excluding steroid dienone is 1. The first-order chi connectivity index (χ1) is 5.70. The van der Waals surface area contributed by atoms with E-state index in [1.807, 2.05) is 30.3 Å². The van der Waals surface area contributed by atoms with Crippen molar-refractivity contribution in [3.63, 3.8) is 0 Å². The maximum absolute atomic E-state index is 5.66. The van der Waals surface area contributed by atoms with E-state index in [4.69, 9.17) is 11.6 Å². The molecule has 0 saturated carbocycles. The lowest BCUT2D eigenvalue weighted by atomic mass is 10.4. The topological polar surface area (TPSA) is 0 Å². The van der Waals surface area contributed by atoms with Crippen molar-refractivity contribution in [3.05, 3.63) is 53.4 Å². The Labute approximate surface area is 81.9 Å². The van der Waals surface area contributed by atoms with Gasteiger partial charge in [0.2, 0.25) is 0 Å². The number of hydrogen-bond acceptors (Lipinski definition) is 1. The third-order valence-corrected chi connectivity index (χ3v) is 2.63. The van der Waals surface area contributed by atoms with E-state index < -0.39 is 0 Å². The van der Waals surface area contributed by atoms with Crippen LogP contribution in [0.2, 0.25) is 0 Å². The molecule has 0 spiro atoms. The van der Waals surface area contributed by atoms with Gasteiger partial charge in [-0.2, -0.15) is 0 Å². The molecule has 1 rings (SSSR count). The Hall–Kier alpha value is -0.660. The minimum atomic E-state index is 0.504. The minimum absolute atomic E-state index is 0.504. The smallest absolute Gasteiger partial charge is 0.0467 e. The zero-order valence-electron chi connectivity index (χ0n) is 6.59. The first-order valence-corrected chi connectivity index (χ1v) is 4.66. The van der Waals surface area contributed by atoms with E-state index in [1.54, 1.807) is 0 Å². The maximum Gasteiger partial charge on any atom is 0.0467 e. The number of thioether (sulfide) groups is 1. The standard InChI is InChI=1S/C10H9ClS/c1-8(11)9(2)12-10-6-4-3-5-7-10/h3-7H,1-2H2. The Kier molecular flexibility index (Phi) is 3.45. The summed E-state index contributed by atoms with van der Waals surface area (Å²) < 4.78 is 0. The van der Waals surface area contributed by atoms with Crippen LogP contribution in [0.25, 0.3) is 0 Å². The molecular weight excluding hydrogens is 188 g/mol. The molecule has 62 valence electrons. The van der Waals surface area contributed by atoms with E-state index in [2.05, 4.69) is 13.2 Å². The van der Waals surface area contributed by atoms with Gasteiger partial charge in [0, 0.05) is 14.8 Å². The fraction of sp³-hybridized carbons (Fsp3) is 0. The van der Waals surface area contributed by atoms with E-state index >= 15 is 0 Å². The monoisotopic (exact) mass is 196 g/mol. The second kappa shape index (κ2) is 4.39. The SMILES string of the molecule is C=C(Cl)C(=C)Sc1ccccc1. The second-order valence-electron chi connectivity index (χ2n) is 2.24. The molecule has 0 bridgehead atoms. The van der Waals surface area contributed by atoms with Crippen LogP contribution in [0, 0.1) is 0 Å². The van der Waals surface area contributed by atoms with Gasteiger partial charge in [-0.1, -0.05) is 54.7 Å². The van der Waals surface area contributed by atoms with Crippen LogP contribution < -0.4 is 0 Å². The fourth-order valence-electron chi connectivity index (χ4n) is 0.686. The molecule has 0 aliphatic heterocycles. The van der Waals surface area contributed by atoms with Gasteiger partial charge < -0.3 is 0 Å². The minimum Gasteiger partial charge on any atom is -0.0892 e. The average Bonchev–Trinajstić information content (AvgIpc) is 2.06. The Bertz CT molecular complexity index is 290. The molecule has 1 aromatic rings. The van der Waals surface area contributed by atoms with Gasteiger partial charge in [0.15, 0.2) is 0 Å². The third kappa shape index (κ3) is 2.76. The van der Waals surface area contributed by atoms with Crippen LogP contribution in [0.4, 0.5) is 0 Å². The van der Waals surface area contributed by atoms with Crippen LogP contribution in [0.5, 0.6) is 0 Å². The zero-order valence-corrected chi connectivity index (χ0v) is 8.16. The second-order valence-corrected chi connectivity index (χ2v) is 3.87. The quantitative estimate of drug-likeness (QED) is 0.519. The first kappa shape index (κ1) is 9.43. The van der Waals surface area contributed by atoms with Crippen LogP contribution in [0.3, 0.4) is 0 Å². The van der Waals surface area contributed by atoms with Crippen molar-refractivity contribution in [2.45, 2.75) is 4.90 Å². The van der Waals surface area contributed by atoms with Gasteiger partial charge in [-0.15, -0.1) is 0 Å². The average molecular weight is 197 g/mol. The van der Waals surface area contributed by atoms with E-state index in [0.717, 1.165) is 9.80 Å². The summed E-state index contributed by atoms with van der Waals surface area (Å²) in [6, 6.07) is 9.95. The van der Waals surface area contributed by atoms with Crippen LogP contribution in [-0.4, -0.2) is 0 Å². The van der Waals surface area contributed by atoms with Crippen molar-refractivity contribution < 1.29 is 0 Å². The lowest BCUT2D eigenvalue weighted by Gasteiger charge is -2.01. The van der Waals surface area contributed by atoms with E-state index in [-0.39, 0.29) is 0 Å². The van der Waals surface area contributed by atoms with E-state index in [1.165, 1.54) is 11.8 Å². The highest BCUT2D eigenvalue weighted by atomic mass is 35.5. The first-order valence-electron chi connectivity index (χ1n) is 3.47. The molecule has 0 aliphatic carbocycles. The molecule has 0 aromatic heterocycles. The molecule has 0 heterocycles. The molecule has 12 heavy (non-hydrogen) atoms. The van der Waals surface area contributed by atoms with Crippen molar-refractivity contribution in [1.29, 1.82) is 0 Å². The normalized spacial score (nSPS) is 9.42. The van der Waals surface area contributed by atoms with Crippen LogP contribution >= 0.6 is 23.4 Å². The molecule has 0 aliphatic rings. The number of hydrogen-bond donors (Lipinski definition) is 0. The highest BCUT2D eigenvalue weighted by molar-refractivity contribution is 8.03. The summed E-state index contributed by atoms with van der Waals surface area (Å²) in [6.07, 6.45) is 0. The van der Waals surface area contributed by atoms with E-state index in [9.17, 15) is 0 Å². The number of halogens is 1. The summed E-state index contributed by atoms with van der Waals surface area (Å²) in [7, 11) is 0. The Morgan fingerprint density at radius 1 is 1.17 bits per heavy atom. The van der Waals surface area contributed by atoms with Crippen LogP contribution in [0.1, 0.15) is 0 Å². The molecule has 0 atom stereocenters. The number of benzene rings is 1. The van der Waals surface area contributed by atoms with Crippen molar-refractivity contribution in [2.24, 2.45) is 0 Å². The third-order valence-electron chi connectivity index (χ3n) is 1.29. The van der Waals surface area contributed by atoms with Gasteiger partial charge in [0.25, 0.3) is 0 Å². The molecular formula is C10H9ClS. The molecule has 0 nitrogen and oxygen atoms in total. The fourth-order valence-corrected chi connectivity index (χ4v) is 1.49. The molecule has 0 N–H and O–H groups in total. The highest BCUT2D eigenvalue weighted by Crippen LogP contribution is 2.30. The molecule has 2 heteroatoms. The molecule has 0 radical (unpaired) electrons. The molecule has 0 saturated heterocycles. The lowest BCUT2D eigenvalue weighted by Crippen LogP contribution is -1.73. The zero-order chi connectivity index (χ0) is 8.97. The Morgan fingerprint density at radius 2 is 1.75 bits per heavy atom. The Morgan fingerprint density at radius 3 is 2.25 bits per heavy atom. The van der Waals surface area contributed by atoms with Crippen LogP contribution in [-0.2, 0) is 0 Å². The van der Waals surface area contributed by atoms with E-state index in [0.29, 0.717) is 5.03 Å². The summed E-state index contributed by atoms with van der Waals surface area (Å²) in [5.41, 5.74) is 0. The van der Waals surface area contributed by atoms with Gasteiger partial charge in [0.1, 0.15) is 0 Å².